The van der Waals surface area contributed by atoms with Crippen LogP contribution in [-0.4, -0.2) is 16.2 Å². The third kappa shape index (κ3) is 3.14. The molecule has 2 unspecified atom stereocenters. The molecule has 0 amide bonds. The van der Waals surface area contributed by atoms with Gasteiger partial charge in [-0.2, -0.15) is 0 Å². The normalized spacial score (nSPS) is 15.2. The van der Waals surface area contributed by atoms with Crippen LogP contribution in [0.4, 0.5) is 0 Å². The molecule has 3 heteroatoms. The van der Waals surface area contributed by atoms with Crippen LogP contribution in [0.2, 0.25) is 0 Å². The molecule has 0 saturated heterocycles. The van der Waals surface area contributed by atoms with E-state index in [1.807, 2.05) is 42.5 Å². The Hall–Kier alpha value is -2.13. The molecule has 0 aliphatic carbocycles. The lowest BCUT2D eigenvalue weighted by atomic mass is 9.81. The first-order chi connectivity index (χ1) is 9.96. The molecule has 0 fully saturated rings. The van der Waals surface area contributed by atoms with Crippen LogP contribution in [-0.2, 0) is 10.4 Å². The summed E-state index contributed by atoms with van der Waals surface area (Å²) in [5.41, 5.74) is 1.37. The molecule has 0 aliphatic heterocycles. The van der Waals surface area contributed by atoms with Crippen molar-refractivity contribution in [2.24, 2.45) is 5.92 Å². The van der Waals surface area contributed by atoms with Gasteiger partial charge in [0.05, 0.1) is 5.92 Å². The second-order valence-corrected chi connectivity index (χ2v) is 5.39. The maximum atomic E-state index is 11.3. The van der Waals surface area contributed by atoms with Crippen LogP contribution >= 0.6 is 0 Å². The molecule has 2 atom stereocenters. The average molecular weight is 284 g/mol. The van der Waals surface area contributed by atoms with E-state index in [0.29, 0.717) is 12.0 Å². The van der Waals surface area contributed by atoms with Gasteiger partial charge in [-0.25, -0.2) is 0 Å². The number of carbonyl (C=O) groups is 1. The second-order valence-electron chi connectivity index (χ2n) is 5.39. The molecule has 2 aromatic rings. The van der Waals surface area contributed by atoms with E-state index in [1.165, 1.54) is 0 Å². The topological polar surface area (TPSA) is 57.5 Å². The number of carboxylic acid groups (broad SMARTS) is 1. The molecule has 0 saturated carbocycles. The maximum absolute atomic E-state index is 11.3. The van der Waals surface area contributed by atoms with E-state index < -0.39 is 17.5 Å². The lowest BCUT2D eigenvalue weighted by Crippen LogP contribution is -2.36. The van der Waals surface area contributed by atoms with Gasteiger partial charge in [0.2, 0.25) is 0 Å². The summed E-state index contributed by atoms with van der Waals surface area (Å²) in [7, 11) is 0. The highest BCUT2D eigenvalue weighted by atomic mass is 16.4. The van der Waals surface area contributed by atoms with Crippen molar-refractivity contribution in [3.8, 4) is 11.1 Å². The van der Waals surface area contributed by atoms with Crippen molar-refractivity contribution < 1.29 is 15.0 Å². The van der Waals surface area contributed by atoms with Gasteiger partial charge in [-0.3, -0.25) is 4.79 Å². The Morgan fingerprint density at radius 3 is 2.05 bits per heavy atom. The van der Waals surface area contributed by atoms with Crippen LogP contribution < -0.4 is 0 Å². The first-order valence-corrected chi connectivity index (χ1v) is 7.08. The first-order valence-electron chi connectivity index (χ1n) is 7.08. The number of hydrogen-bond acceptors (Lipinski definition) is 2. The van der Waals surface area contributed by atoms with Crippen molar-refractivity contribution in [3.05, 3.63) is 60.2 Å². The van der Waals surface area contributed by atoms with Gasteiger partial charge in [0.25, 0.3) is 0 Å². The molecular weight excluding hydrogens is 264 g/mol. The van der Waals surface area contributed by atoms with E-state index >= 15 is 0 Å². The van der Waals surface area contributed by atoms with E-state index in [0.717, 1.165) is 11.1 Å². The summed E-state index contributed by atoms with van der Waals surface area (Å²) in [5.74, 6) is -1.80. The van der Waals surface area contributed by atoms with E-state index in [-0.39, 0.29) is 0 Å². The fourth-order valence-corrected chi connectivity index (χ4v) is 2.64. The van der Waals surface area contributed by atoms with Crippen molar-refractivity contribution in [2.75, 3.05) is 0 Å². The quantitative estimate of drug-likeness (QED) is 0.880. The van der Waals surface area contributed by atoms with Crippen LogP contribution in [0.5, 0.6) is 0 Å². The molecule has 110 valence electrons. The van der Waals surface area contributed by atoms with Crippen molar-refractivity contribution in [3.63, 3.8) is 0 Å². The van der Waals surface area contributed by atoms with Crippen LogP contribution in [0, 0.1) is 5.92 Å². The van der Waals surface area contributed by atoms with Crippen molar-refractivity contribution in [2.45, 2.75) is 25.9 Å². The van der Waals surface area contributed by atoms with Crippen molar-refractivity contribution >= 4 is 5.97 Å². The highest BCUT2D eigenvalue weighted by molar-refractivity contribution is 5.72. The summed E-state index contributed by atoms with van der Waals surface area (Å²) in [6, 6.07) is 17.3. The SMILES string of the molecule is CCC(C(=O)O)C(C)(O)c1ccc(-c2ccccc2)cc1. The minimum atomic E-state index is -1.38. The van der Waals surface area contributed by atoms with Gasteiger partial charge in [0.1, 0.15) is 5.60 Å². The van der Waals surface area contributed by atoms with Gasteiger partial charge in [-0.05, 0) is 30.0 Å². The van der Waals surface area contributed by atoms with Crippen LogP contribution in [0.25, 0.3) is 11.1 Å². The minimum absolute atomic E-state index is 0.378. The lowest BCUT2D eigenvalue weighted by Gasteiger charge is -2.30. The van der Waals surface area contributed by atoms with Gasteiger partial charge in [0, 0.05) is 0 Å². The average Bonchev–Trinajstić information content (AvgIpc) is 2.48. The summed E-state index contributed by atoms with van der Waals surface area (Å²) in [4.78, 5) is 11.3. The minimum Gasteiger partial charge on any atom is -0.481 e. The Balaban J connectivity index is 2.32. The highest BCUT2D eigenvalue weighted by Gasteiger charge is 2.37. The molecule has 0 radical (unpaired) electrons. The number of carboxylic acids is 1. The molecule has 2 rings (SSSR count). The van der Waals surface area contributed by atoms with E-state index in [9.17, 15) is 15.0 Å². The number of benzene rings is 2. The predicted octanol–water partition coefficient (Wildman–Crippen LogP) is 3.67. The van der Waals surface area contributed by atoms with Gasteiger partial charge in [-0.1, -0.05) is 61.5 Å². The largest absolute Gasteiger partial charge is 0.481 e. The summed E-state index contributed by atoms with van der Waals surface area (Å²) < 4.78 is 0. The van der Waals surface area contributed by atoms with E-state index in [4.69, 9.17) is 0 Å². The molecule has 0 heterocycles. The zero-order valence-electron chi connectivity index (χ0n) is 12.3. The Kier molecular flexibility index (Phi) is 4.43. The van der Waals surface area contributed by atoms with Crippen molar-refractivity contribution in [1.29, 1.82) is 0 Å². The summed E-state index contributed by atoms with van der Waals surface area (Å²) in [6.45, 7) is 3.33. The smallest absolute Gasteiger partial charge is 0.309 e. The third-order valence-electron chi connectivity index (χ3n) is 3.96. The Labute approximate surface area is 124 Å². The standard InChI is InChI=1S/C18H20O3/c1-3-16(17(19)20)18(2,21)15-11-9-14(10-12-15)13-7-5-4-6-8-13/h4-12,16,21H,3H2,1-2H3,(H,19,20). The number of rotatable bonds is 5. The Morgan fingerprint density at radius 2 is 1.57 bits per heavy atom. The van der Waals surface area contributed by atoms with Crippen LogP contribution in [0.1, 0.15) is 25.8 Å². The van der Waals surface area contributed by atoms with Gasteiger partial charge in [0.15, 0.2) is 0 Å². The lowest BCUT2D eigenvalue weighted by molar-refractivity contribution is -0.152. The molecule has 21 heavy (non-hydrogen) atoms. The van der Waals surface area contributed by atoms with Gasteiger partial charge in [-0.15, -0.1) is 0 Å². The molecule has 0 aliphatic rings. The molecule has 2 N–H and O–H groups in total. The third-order valence-corrected chi connectivity index (χ3v) is 3.96. The van der Waals surface area contributed by atoms with Crippen molar-refractivity contribution in [1.82, 2.24) is 0 Å². The fourth-order valence-electron chi connectivity index (χ4n) is 2.64. The number of aliphatic hydroxyl groups is 1. The molecule has 0 aromatic heterocycles. The zero-order valence-corrected chi connectivity index (χ0v) is 12.3. The van der Waals surface area contributed by atoms with Gasteiger partial charge >= 0.3 is 5.97 Å². The predicted molar refractivity (Wildman–Crippen MR) is 82.9 cm³/mol. The first kappa shape index (κ1) is 15.3. The molecule has 0 spiro atoms. The fraction of sp³-hybridized carbons (Fsp3) is 0.278. The van der Waals surface area contributed by atoms with Crippen LogP contribution in [0.3, 0.4) is 0 Å². The van der Waals surface area contributed by atoms with E-state index in [1.54, 1.807) is 26.0 Å². The number of aliphatic carboxylic acids is 1. The summed E-state index contributed by atoms with van der Waals surface area (Å²) >= 11 is 0. The molecular formula is C18H20O3. The highest BCUT2D eigenvalue weighted by Crippen LogP contribution is 2.33. The molecule has 2 aromatic carbocycles. The molecule has 0 bridgehead atoms. The summed E-state index contributed by atoms with van der Waals surface area (Å²) in [6.07, 6.45) is 0.378. The maximum Gasteiger partial charge on any atom is 0.309 e. The van der Waals surface area contributed by atoms with Crippen LogP contribution in [0.15, 0.2) is 54.6 Å². The Bertz CT molecular complexity index is 600. The van der Waals surface area contributed by atoms with E-state index in [2.05, 4.69) is 0 Å². The monoisotopic (exact) mass is 284 g/mol. The Morgan fingerprint density at radius 1 is 1.05 bits per heavy atom. The number of hydrogen-bond donors (Lipinski definition) is 2. The summed E-state index contributed by atoms with van der Waals surface area (Å²) in [5, 5.41) is 19.8. The second kappa shape index (κ2) is 6.10. The zero-order chi connectivity index (χ0) is 15.5. The molecule has 3 nitrogen and oxygen atoms in total. The van der Waals surface area contributed by atoms with Gasteiger partial charge < -0.3 is 10.2 Å².